The van der Waals surface area contributed by atoms with Crippen LogP contribution in [0.15, 0.2) is 69.3 Å². The van der Waals surface area contributed by atoms with Gasteiger partial charge in [-0.1, -0.05) is 36.4 Å². The summed E-state index contributed by atoms with van der Waals surface area (Å²) in [6.07, 6.45) is 0. The van der Waals surface area contributed by atoms with E-state index in [1.807, 2.05) is 0 Å². The monoisotopic (exact) mass is 544 g/mol. The summed E-state index contributed by atoms with van der Waals surface area (Å²) in [5, 5.41) is 1.20. The van der Waals surface area contributed by atoms with Gasteiger partial charge < -0.3 is 0 Å². The first-order chi connectivity index (χ1) is 15.5. The molecule has 0 aliphatic heterocycles. The van der Waals surface area contributed by atoms with E-state index in [4.69, 9.17) is 0 Å². The van der Waals surface area contributed by atoms with Gasteiger partial charge in [-0.2, -0.15) is 25.3 Å². The maximum absolute atomic E-state index is 11.9. The Labute approximate surface area is 199 Å². The van der Waals surface area contributed by atoms with Crippen molar-refractivity contribution in [2.45, 2.75) is 35.5 Å². The lowest BCUT2D eigenvalue weighted by atomic mass is 10.2. The van der Waals surface area contributed by atoms with Gasteiger partial charge >= 0.3 is 0 Å². The molecule has 0 aromatic heterocycles. The Kier molecular flexibility index (Phi) is 7.09. The van der Waals surface area contributed by atoms with Crippen molar-refractivity contribution in [3.05, 3.63) is 71.3 Å². The minimum absolute atomic E-state index is 0.185. The van der Waals surface area contributed by atoms with Gasteiger partial charge in [-0.15, -0.1) is 0 Å². The predicted octanol–water partition coefficient (Wildman–Crippen LogP) is 2.11. The van der Waals surface area contributed by atoms with Gasteiger partial charge in [-0.3, -0.25) is 13.7 Å². The average Bonchev–Trinajstić information content (AvgIpc) is 2.69. The van der Waals surface area contributed by atoms with Crippen molar-refractivity contribution in [1.82, 2.24) is 0 Å². The molecule has 3 aromatic rings. The normalized spacial score (nSPS) is 12.8. The molecule has 0 saturated heterocycles. The van der Waals surface area contributed by atoms with Crippen LogP contribution in [0.3, 0.4) is 0 Å². The summed E-state index contributed by atoms with van der Waals surface area (Å²) in [6.45, 7) is 4.41. The van der Waals surface area contributed by atoms with Crippen molar-refractivity contribution >= 4 is 54.2 Å². The van der Waals surface area contributed by atoms with Crippen LogP contribution in [0.1, 0.15) is 16.7 Å². The molecule has 0 spiro atoms. The molecule has 0 radical (unpaired) electrons. The first kappa shape index (κ1) is 26.4. The molecule has 13 heteroatoms. The summed E-state index contributed by atoms with van der Waals surface area (Å²) in [6, 6.07) is 12.6. The third-order valence-corrected chi connectivity index (χ3v) is 11.2. The Hall–Kier alpha value is -2.18. The van der Waals surface area contributed by atoms with Crippen molar-refractivity contribution < 1.29 is 38.9 Å². The molecule has 0 fully saturated rings. The van der Waals surface area contributed by atoms with Crippen molar-refractivity contribution in [3.8, 4) is 0 Å². The molecule has 3 aromatic carbocycles. The quantitative estimate of drug-likeness (QED) is 0.311. The summed E-state index contributed by atoms with van der Waals surface area (Å²) in [7, 11) is -15.6. The molecule has 34 heavy (non-hydrogen) atoms. The summed E-state index contributed by atoms with van der Waals surface area (Å²) in [5.74, 6) is 0. The van der Waals surface area contributed by atoms with Gasteiger partial charge in [-0.05, 0) is 79.5 Å². The number of rotatable bonds is 6. The number of hydrogen-bond donors (Lipinski definition) is 3. The topological polar surface area (TPSA) is 163 Å². The lowest BCUT2D eigenvalue weighted by Gasteiger charge is -2.26. The van der Waals surface area contributed by atoms with Gasteiger partial charge in [0.1, 0.15) is 0 Å². The molecule has 3 rings (SSSR count). The van der Waals surface area contributed by atoms with Crippen LogP contribution >= 0.6 is 7.92 Å². The third kappa shape index (κ3) is 5.08. The molecular weight excluding hydrogens is 523 g/mol. The predicted molar refractivity (Wildman–Crippen MR) is 129 cm³/mol. The van der Waals surface area contributed by atoms with Crippen LogP contribution in [0.4, 0.5) is 0 Å². The summed E-state index contributed by atoms with van der Waals surface area (Å²) >= 11 is 0. The van der Waals surface area contributed by atoms with Gasteiger partial charge in [0.15, 0.2) is 0 Å². The first-order valence-electron chi connectivity index (χ1n) is 9.56. The molecular formula is C21H21O9PS3. The maximum atomic E-state index is 11.9. The van der Waals surface area contributed by atoms with E-state index in [0.717, 1.165) is 0 Å². The van der Waals surface area contributed by atoms with Gasteiger partial charge in [0.05, 0.1) is 14.7 Å². The largest absolute Gasteiger partial charge is 0.294 e. The molecule has 3 N–H and O–H groups in total. The van der Waals surface area contributed by atoms with Gasteiger partial charge in [0.2, 0.25) is 0 Å². The Balaban J connectivity index is 2.50. The van der Waals surface area contributed by atoms with E-state index < -0.39 is 38.3 Å². The molecule has 0 unspecified atom stereocenters. The zero-order valence-electron chi connectivity index (χ0n) is 18.2. The molecule has 0 bridgehead atoms. The van der Waals surface area contributed by atoms with Gasteiger partial charge in [0.25, 0.3) is 30.4 Å². The fourth-order valence-corrected chi connectivity index (χ4v) is 9.08. The van der Waals surface area contributed by atoms with Crippen LogP contribution in [0.5, 0.6) is 0 Å². The fourth-order valence-electron chi connectivity index (χ4n) is 3.76. The van der Waals surface area contributed by atoms with Crippen LogP contribution in [-0.2, 0) is 30.4 Å². The van der Waals surface area contributed by atoms with E-state index in [1.54, 1.807) is 18.2 Å². The van der Waals surface area contributed by atoms with Crippen LogP contribution in [0.2, 0.25) is 0 Å². The lowest BCUT2D eigenvalue weighted by Crippen LogP contribution is -2.28. The highest BCUT2D eigenvalue weighted by Crippen LogP contribution is 2.39. The molecule has 0 aliphatic rings. The van der Waals surface area contributed by atoms with E-state index in [1.165, 1.54) is 57.2 Å². The summed E-state index contributed by atoms with van der Waals surface area (Å²) in [4.78, 5) is -1.07. The average molecular weight is 545 g/mol. The molecule has 0 aliphatic carbocycles. The Morgan fingerprint density at radius 1 is 0.500 bits per heavy atom. The summed E-state index contributed by atoms with van der Waals surface area (Å²) in [5.41, 5.74) is 0.554. The van der Waals surface area contributed by atoms with Crippen molar-refractivity contribution in [2.75, 3.05) is 0 Å². The number of benzene rings is 3. The minimum Gasteiger partial charge on any atom is -0.282 e. The van der Waals surface area contributed by atoms with E-state index >= 15 is 0 Å². The van der Waals surface area contributed by atoms with Crippen molar-refractivity contribution in [3.63, 3.8) is 0 Å². The standard InChI is InChI=1S/C21H21O9PS3/c1-13-16(7-4-10-19(13)32(22,23)24)31(17-8-5-11-20(14(17)2)33(25,26)27)18-9-6-12-21(15(18)3)34(28,29)30/h4-12H,1-3H3,(H,22,23,24)(H,25,26,27)(H,28,29,30). The Bertz CT molecular complexity index is 1420. The molecule has 0 saturated carbocycles. The Morgan fingerprint density at radius 3 is 0.941 bits per heavy atom. The third-order valence-electron chi connectivity index (χ3n) is 5.32. The maximum Gasteiger partial charge on any atom is 0.294 e. The second kappa shape index (κ2) is 9.12. The van der Waals surface area contributed by atoms with E-state index in [0.29, 0.717) is 15.9 Å². The van der Waals surface area contributed by atoms with Crippen LogP contribution in [0.25, 0.3) is 0 Å². The zero-order chi connectivity index (χ0) is 25.6. The van der Waals surface area contributed by atoms with Crippen LogP contribution < -0.4 is 15.9 Å². The molecule has 9 nitrogen and oxygen atoms in total. The second-order valence-corrected chi connectivity index (χ2v) is 13.7. The first-order valence-corrected chi connectivity index (χ1v) is 15.2. The SMILES string of the molecule is Cc1c(P(c2cccc(S(=O)(=O)O)c2C)c2cccc(S(=O)(=O)O)c2C)cccc1S(=O)(=O)O. The second-order valence-electron chi connectivity index (χ2n) is 7.46. The minimum atomic E-state index is -4.60. The fraction of sp³-hybridized carbons (Fsp3) is 0.143. The van der Waals surface area contributed by atoms with Crippen molar-refractivity contribution in [2.24, 2.45) is 0 Å². The highest BCUT2D eigenvalue weighted by atomic mass is 32.2. The Morgan fingerprint density at radius 2 is 0.735 bits per heavy atom. The van der Waals surface area contributed by atoms with Crippen LogP contribution in [0, 0.1) is 20.8 Å². The molecule has 0 amide bonds. The van der Waals surface area contributed by atoms with Crippen molar-refractivity contribution in [1.29, 1.82) is 0 Å². The smallest absolute Gasteiger partial charge is 0.282 e. The molecule has 0 heterocycles. The van der Waals surface area contributed by atoms with E-state index in [9.17, 15) is 38.9 Å². The number of hydrogen-bond acceptors (Lipinski definition) is 6. The molecule has 0 atom stereocenters. The molecule has 182 valence electrons. The lowest BCUT2D eigenvalue weighted by molar-refractivity contribution is 0.480. The van der Waals surface area contributed by atoms with Crippen LogP contribution in [-0.4, -0.2) is 38.9 Å². The van der Waals surface area contributed by atoms with Gasteiger partial charge in [-0.25, -0.2) is 0 Å². The van der Waals surface area contributed by atoms with Gasteiger partial charge in [0, 0.05) is 0 Å². The van der Waals surface area contributed by atoms with E-state index in [2.05, 4.69) is 0 Å². The zero-order valence-corrected chi connectivity index (χ0v) is 21.5. The van der Waals surface area contributed by atoms with E-state index in [-0.39, 0.29) is 31.4 Å². The summed E-state index contributed by atoms with van der Waals surface area (Å²) < 4.78 is 101. The highest BCUT2D eigenvalue weighted by Gasteiger charge is 2.29. The highest BCUT2D eigenvalue weighted by molar-refractivity contribution is 7.87.